The zero-order valence-corrected chi connectivity index (χ0v) is 16.6. The Balaban J connectivity index is 1.14. The SMILES string of the molecule is O=C(c1ccco1)N1CCC[C@H](N2CCN(Cc3ccc4c(c3)OCO4)CC2)C1. The summed E-state index contributed by atoms with van der Waals surface area (Å²) in [5.74, 6) is 2.15. The van der Waals surface area contributed by atoms with Crippen molar-refractivity contribution in [1.82, 2.24) is 14.7 Å². The van der Waals surface area contributed by atoms with Crippen molar-refractivity contribution in [3.8, 4) is 11.5 Å². The maximum absolute atomic E-state index is 12.6. The number of fused-ring (bicyclic) bond motifs is 1. The number of furan rings is 1. The number of hydrogen-bond acceptors (Lipinski definition) is 6. The molecule has 0 spiro atoms. The average molecular weight is 397 g/mol. The summed E-state index contributed by atoms with van der Waals surface area (Å²) in [7, 11) is 0. The minimum atomic E-state index is 0.0149. The maximum Gasteiger partial charge on any atom is 0.289 e. The van der Waals surface area contributed by atoms with E-state index in [1.807, 2.05) is 11.0 Å². The molecular formula is C22H27N3O4. The molecule has 0 bridgehead atoms. The molecule has 5 rings (SSSR count). The Kier molecular flexibility index (Phi) is 5.16. The van der Waals surface area contributed by atoms with Crippen LogP contribution >= 0.6 is 0 Å². The summed E-state index contributed by atoms with van der Waals surface area (Å²) in [6.07, 6.45) is 3.77. The minimum absolute atomic E-state index is 0.0149. The fraction of sp³-hybridized carbons (Fsp3) is 0.500. The van der Waals surface area contributed by atoms with Gasteiger partial charge in [-0.05, 0) is 42.7 Å². The zero-order valence-electron chi connectivity index (χ0n) is 16.6. The molecule has 7 nitrogen and oxygen atoms in total. The van der Waals surface area contributed by atoms with Gasteiger partial charge in [0.25, 0.3) is 5.91 Å². The van der Waals surface area contributed by atoms with Gasteiger partial charge in [0.2, 0.25) is 6.79 Å². The van der Waals surface area contributed by atoms with Crippen LogP contribution in [-0.4, -0.2) is 72.7 Å². The molecule has 2 saturated heterocycles. The molecule has 0 saturated carbocycles. The fourth-order valence-electron chi connectivity index (χ4n) is 4.58. The molecule has 3 aliphatic rings. The Bertz CT molecular complexity index is 846. The fourth-order valence-corrected chi connectivity index (χ4v) is 4.58. The van der Waals surface area contributed by atoms with E-state index in [0.29, 0.717) is 18.6 Å². The molecule has 0 N–H and O–H groups in total. The van der Waals surface area contributed by atoms with Gasteiger partial charge in [-0.2, -0.15) is 0 Å². The van der Waals surface area contributed by atoms with Crippen molar-refractivity contribution in [1.29, 1.82) is 0 Å². The number of ether oxygens (including phenoxy) is 2. The number of carbonyl (C=O) groups is 1. The van der Waals surface area contributed by atoms with Crippen LogP contribution in [0.25, 0.3) is 0 Å². The van der Waals surface area contributed by atoms with Crippen molar-refractivity contribution in [3.05, 3.63) is 47.9 Å². The monoisotopic (exact) mass is 397 g/mol. The summed E-state index contributed by atoms with van der Waals surface area (Å²) in [5, 5.41) is 0. The number of amides is 1. The summed E-state index contributed by atoms with van der Waals surface area (Å²) in [4.78, 5) is 19.6. The lowest BCUT2D eigenvalue weighted by molar-refractivity contribution is 0.0389. The van der Waals surface area contributed by atoms with Crippen molar-refractivity contribution in [2.75, 3.05) is 46.1 Å². The van der Waals surface area contributed by atoms with Gasteiger partial charge in [-0.1, -0.05) is 6.07 Å². The largest absolute Gasteiger partial charge is 0.459 e. The summed E-state index contributed by atoms with van der Waals surface area (Å²) in [5.41, 5.74) is 1.26. The third kappa shape index (κ3) is 3.97. The predicted octanol–water partition coefficient (Wildman–Crippen LogP) is 2.43. The molecule has 1 amide bonds. The van der Waals surface area contributed by atoms with Crippen LogP contribution in [0.5, 0.6) is 11.5 Å². The highest BCUT2D eigenvalue weighted by Crippen LogP contribution is 2.33. The van der Waals surface area contributed by atoms with Crippen LogP contribution in [-0.2, 0) is 6.54 Å². The maximum atomic E-state index is 12.6. The normalized spacial score (nSPS) is 22.8. The van der Waals surface area contributed by atoms with Crippen LogP contribution in [0, 0.1) is 0 Å². The molecule has 7 heteroatoms. The number of piperidine rings is 1. The van der Waals surface area contributed by atoms with Crippen LogP contribution < -0.4 is 9.47 Å². The van der Waals surface area contributed by atoms with Crippen molar-refractivity contribution in [3.63, 3.8) is 0 Å². The predicted molar refractivity (Wildman–Crippen MR) is 107 cm³/mol. The molecule has 1 aromatic heterocycles. The minimum Gasteiger partial charge on any atom is -0.459 e. The second-order valence-electron chi connectivity index (χ2n) is 8.02. The molecule has 0 radical (unpaired) electrons. The van der Waals surface area contributed by atoms with Gasteiger partial charge in [0.15, 0.2) is 17.3 Å². The number of likely N-dealkylation sites (tertiary alicyclic amines) is 1. The molecule has 0 unspecified atom stereocenters. The first kappa shape index (κ1) is 18.5. The number of piperazine rings is 1. The van der Waals surface area contributed by atoms with E-state index in [1.54, 1.807) is 18.4 Å². The van der Waals surface area contributed by atoms with Gasteiger partial charge in [0.05, 0.1) is 6.26 Å². The highest BCUT2D eigenvalue weighted by atomic mass is 16.7. The Morgan fingerprint density at radius 1 is 1.03 bits per heavy atom. The van der Waals surface area contributed by atoms with Gasteiger partial charge < -0.3 is 18.8 Å². The van der Waals surface area contributed by atoms with Gasteiger partial charge in [-0.25, -0.2) is 0 Å². The summed E-state index contributed by atoms with van der Waals surface area (Å²) in [6, 6.07) is 10.2. The number of rotatable bonds is 4. The van der Waals surface area contributed by atoms with Crippen molar-refractivity contribution in [2.45, 2.75) is 25.4 Å². The standard InChI is InChI=1S/C22H27N3O4/c26-22(20-4-2-12-27-20)25-7-1-3-18(15-25)24-10-8-23(9-11-24)14-17-5-6-19-21(13-17)29-16-28-19/h2,4-6,12-13,18H,1,3,7-11,14-16H2/t18-/m0/s1. The Labute approximate surface area is 170 Å². The van der Waals surface area contributed by atoms with E-state index in [0.717, 1.165) is 70.2 Å². The lowest BCUT2D eigenvalue weighted by Crippen LogP contribution is -2.55. The third-order valence-electron chi connectivity index (χ3n) is 6.18. The van der Waals surface area contributed by atoms with E-state index in [-0.39, 0.29) is 5.91 Å². The van der Waals surface area contributed by atoms with E-state index in [1.165, 1.54) is 5.56 Å². The number of hydrogen-bond donors (Lipinski definition) is 0. The topological polar surface area (TPSA) is 58.4 Å². The third-order valence-corrected chi connectivity index (χ3v) is 6.18. The van der Waals surface area contributed by atoms with Gasteiger partial charge in [0.1, 0.15) is 0 Å². The quantitative estimate of drug-likeness (QED) is 0.790. The van der Waals surface area contributed by atoms with Gasteiger partial charge >= 0.3 is 0 Å². The first-order valence-electron chi connectivity index (χ1n) is 10.4. The molecule has 1 atom stereocenters. The van der Waals surface area contributed by atoms with E-state index in [9.17, 15) is 4.79 Å². The highest BCUT2D eigenvalue weighted by molar-refractivity contribution is 5.91. The first-order chi connectivity index (χ1) is 14.3. The number of carbonyl (C=O) groups excluding carboxylic acids is 1. The summed E-state index contributed by atoms with van der Waals surface area (Å²) >= 11 is 0. The second-order valence-corrected chi connectivity index (χ2v) is 8.02. The molecule has 29 heavy (non-hydrogen) atoms. The molecule has 1 aromatic carbocycles. The number of benzene rings is 1. The Hall–Kier alpha value is -2.51. The molecule has 4 heterocycles. The van der Waals surface area contributed by atoms with Crippen LogP contribution in [0.4, 0.5) is 0 Å². The molecule has 2 fully saturated rings. The van der Waals surface area contributed by atoms with E-state index in [4.69, 9.17) is 13.9 Å². The summed E-state index contributed by atoms with van der Waals surface area (Å²) < 4.78 is 16.2. The molecule has 0 aliphatic carbocycles. The van der Waals surface area contributed by atoms with Crippen LogP contribution in [0.15, 0.2) is 41.0 Å². The van der Waals surface area contributed by atoms with Gasteiger partial charge in [0, 0.05) is 51.9 Å². The average Bonchev–Trinajstić information content (AvgIpc) is 3.46. The van der Waals surface area contributed by atoms with Gasteiger partial charge in [-0.3, -0.25) is 14.6 Å². The molecular weight excluding hydrogens is 370 g/mol. The van der Waals surface area contributed by atoms with Crippen molar-refractivity contribution < 1.29 is 18.7 Å². The van der Waals surface area contributed by atoms with E-state index in [2.05, 4.69) is 21.9 Å². The molecule has 154 valence electrons. The summed E-state index contributed by atoms with van der Waals surface area (Å²) in [6.45, 7) is 7.02. The Morgan fingerprint density at radius 2 is 1.90 bits per heavy atom. The lowest BCUT2D eigenvalue weighted by atomic mass is 10.0. The van der Waals surface area contributed by atoms with Crippen LogP contribution in [0.3, 0.4) is 0 Å². The van der Waals surface area contributed by atoms with E-state index >= 15 is 0 Å². The second kappa shape index (κ2) is 8.08. The van der Waals surface area contributed by atoms with Crippen LogP contribution in [0.2, 0.25) is 0 Å². The van der Waals surface area contributed by atoms with E-state index < -0.39 is 0 Å². The van der Waals surface area contributed by atoms with Crippen molar-refractivity contribution in [2.24, 2.45) is 0 Å². The molecule has 2 aromatic rings. The zero-order chi connectivity index (χ0) is 19.6. The smallest absolute Gasteiger partial charge is 0.289 e. The van der Waals surface area contributed by atoms with Gasteiger partial charge in [-0.15, -0.1) is 0 Å². The highest BCUT2D eigenvalue weighted by Gasteiger charge is 2.31. The van der Waals surface area contributed by atoms with Crippen molar-refractivity contribution >= 4 is 5.91 Å². The lowest BCUT2D eigenvalue weighted by Gasteiger charge is -2.43. The van der Waals surface area contributed by atoms with Crippen LogP contribution in [0.1, 0.15) is 29.0 Å². The number of nitrogens with zero attached hydrogens (tertiary/aromatic N) is 3. The Morgan fingerprint density at radius 3 is 2.72 bits per heavy atom. The first-order valence-corrected chi connectivity index (χ1v) is 10.4. The molecule has 3 aliphatic heterocycles.